The average Bonchev–Trinajstić information content (AvgIpc) is 2.79. The molecule has 0 saturated carbocycles. The zero-order valence-electron chi connectivity index (χ0n) is 18.4. The summed E-state index contributed by atoms with van der Waals surface area (Å²) in [5.41, 5.74) is -1.39. The highest BCUT2D eigenvalue weighted by Gasteiger charge is 2.40. The highest BCUT2D eigenvalue weighted by molar-refractivity contribution is 6.00. The molecule has 2 aromatic rings. The molecule has 0 aliphatic carbocycles. The van der Waals surface area contributed by atoms with Gasteiger partial charge in [0.1, 0.15) is 23.5 Å². The Morgan fingerprint density at radius 3 is 2.70 bits per heavy atom. The molecule has 1 N–H and O–H groups in total. The highest BCUT2D eigenvalue weighted by atomic mass is 19.1. The second-order valence-electron chi connectivity index (χ2n) is 8.14. The van der Waals surface area contributed by atoms with Gasteiger partial charge in [0.25, 0.3) is 5.91 Å². The Bertz CT molecular complexity index is 1180. The third-order valence-electron chi connectivity index (χ3n) is 6.29. The van der Waals surface area contributed by atoms with Gasteiger partial charge in [-0.15, -0.1) is 0 Å². The summed E-state index contributed by atoms with van der Waals surface area (Å²) in [5.74, 6) is -3.57. The van der Waals surface area contributed by atoms with Gasteiger partial charge in [-0.2, -0.15) is 0 Å². The zero-order chi connectivity index (χ0) is 23.9. The summed E-state index contributed by atoms with van der Waals surface area (Å²) in [5, 5.41) is 12.5. The van der Waals surface area contributed by atoms with Crippen molar-refractivity contribution in [2.45, 2.75) is 45.2 Å². The number of ketones is 1. The topological polar surface area (TPSA) is 92.1 Å². The van der Waals surface area contributed by atoms with E-state index in [1.165, 1.54) is 18.0 Å². The molecule has 1 atom stereocenters. The Balaban J connectivity index is 1.69. The number of benzene rings is 1. The molecule has 33 heavy (non-hydrogen) atoms. The van der Waals surface area contributed by atoms with Crippen LogP contribution in [-0.4, -0.2) is 52.7 Å². The van der Waals surface area contributed by atoms with E-state index in [4.69, 9.17) is 4.74 Å². The van der Waals surface area contributed by atoms with Crippen LogP contribution in [0.15, 0.2) is 23.1 Å². The van der Waals surface area contributed by atoms with Crippen LogP contribution in [0.4, 0.5) is 8.78 Å². The first-order valence-corrected chi connectivity index (χ1v) is 10.9. The molecule has 3 heterocycles. The van der Waals surface area contributed by atoms with Crippen LogP contribution in [-0.2, 0) is 6.42 Å². The van der Waals surface area contributed by atoms with Crippen LogP contribution in [0.5, 0.6) is 11.5 Å². The van der Waals surface area contributed by atoms with E-state index < -0.39 is 34.5 Å². The lowest BCUT2D eigenvalue weighted by Crippen LogP contribution is -2.63. The summed E-state index contributed by atoms with van der Waals surface area (Å²) >= 11 is 0. The molecule has 0 bridgehead atoms. The number of aromatic nitrogens is 1. The number of rotatable bonds is 6. The molecule has 2 aliphatic heterocycles. The number of carbonyl (C=O) groups is 2. The Morgan fingerprint density at radius 1 is 1.24 bits per heavy atom. The van der Waals surface area contributed by atoms with Crippen LogP contribution in [0.1, 0.15) is 59.0 Å². The second-order valence-corrected chi connectivity index (χ2v) is 8.14. The third-order valence-corrected chi connectivity index (χ3v) is 6.29. The van der Waals surface area contributed by atoms with Crippen molar-refractivity contribution in [2.75, 3.05) is 25.2 Å². The molecule has 1 fully saturated rings. The maximum Gasteiger partial charge on any atom is 0.278 e. The van der Waals surface area contributed by atoms with Gasteiger partial charge >= 0.3 is 0 Å². The predicted molar refractivity (Wildman–Crippen MR) is 115 cm³/mol. The van der Waals surface area contributed by atoms with E-state index in [-0.39, 0.29) is 41.6 Å². The van der Waals surface area contributed by atoms with Crippen molar-refractivity contribution in [3.8, 4) is 11.5 Å². The van der Waals surface area contributed by atoms with Crippen LogP contribution >= 0.6 is 0 Å². The van der Waals surface area contributed by atoms with Crippen LogP contribution in [0.2, 0.25) is 0 Å². The van der Waals surface area contributed by atoms with E-state index in [9.17, 15) is 28.3 Å². The number of hydrogen-bond donors (Lipinski definition) is 1. The van der Waals surface area contributed by atoms with Crippen LogP contribution < -0.4 is 15.2 Å². The lowest BCUT2D eigenvalue weighted by atomic mass is 10.0. The predicted octanol–water partition coefficient (Wildman–Crippen LogP) is 2.58. The molecular formula is C23H25F2N3O5. The van der Waals surface area contributed by atoms with E-state index in [2.05, 4.69) is 0 Å². The number of piperidine rings is 1. The fourth-order valence-electron chi connectivity index (χ4n) is 4.66. The van der Waals surface area contributed by atoms with E-state index in [1.807, 2.05) is 11.9 Å². The quantitative estimate of drug-likeness (QED) is 0.665. The van der Waals surface area contributed by atoms with E-state index >= 15 is 0 Å². The van der Waals surface area contributed by atoms with Crippen molar-refractivity contribution in [2.24, 2.45) is 0 Å². The van der Waals surface area contributed by atoms with Gasteiger partial charge < -0.3 is 14.7 Å². The monoisotopic (exact) mass is 461 g/mol. The number of methoxy groups -OCH3 is 1. The van der Waals surface area contributed by atoms with Gasteiger partial charge in [-0.25, -0.2) is 8.78 Å². The molecule has 4 rings (SSSR count). The smallest absolute Gasteiger partial charge is 0.278 e. The number of pyridine rings is 1. The molecular weight excluding hydrogens is 436 g/mol. The van der Waals surface area contributed by atoms with Gasteiger partial charge in [-0.1, -0.05) is 0 Å². The molecule has 1 amide bonds. The summed E-state index contributed by atoms with van der Waals surface area (Å²) in [6, 6.07) is 1.72. The summed E-state index contributed by atoms with van der Waals surface area (Å²) in [6.45, 7) is 2.84. The van der Waals surface area contributed by atoms with Gasteiger partial charge in [-0.3, -0.25) is 24.1 Å². The molecule has 0 radical (unpaired) electrons. The van der Waals surface area contributed by atoms with Gasteiger partial charge in [-0.05, 0) is 32.6 Å². The molecule has 10 heteroatoms. The number of fused-ring (bicyclic) bond motifs is 3. The minimum atomic E-state index is -0.947. The maximum absolute atomic E-state index is 14.2. The first kappa shape index (κ1) is 22.8. The van der Waals surface area contributed by atoms with Crippen LogP contribution in [0.3, 0.4) is 0 Å². The summed E-state index contributed by atoms with van der Waals surface area (Å²) < 4.78 is 34.1. The minimum absolute atomic E-state index is 0.0133. The summed E-state index contributed by atoms with van der Waals surface area (Å²) in [6.07, 6.45) is 3.19. The number of Topliss-reactive ketones (excluding diaryl/α,β-unsaturated/α-hetero) is 1. The van der Waals surface area contributed by atoms with Gasteiger partial charge in [0.05, 0.1) is 12.7 Å². The second kappa shape index (κ2) is 8.84. The number of nitrogens with zero attached hydrogens (tertiary/aromatic N) is 3. The van der Waals surface area contributed by atoms with Crippen molar-refractivity contribution in [3.63, 3.8) is 0 Å². The van der Waals surface area contributed by atoms with Crippen molar-refractivity contribution in [3.05, 3.63) is 57.0 Å². The van der Waals surface area contributed by atoms with Crippen molar-refractivity contribution in [1.29, 1.82) is 0 Å². The molecule has 1 aromatic carbocycles. The van der Waals surface area contributed by atoms with E-state index in [0.717, 1.165) is 25.3 Å². The Hall–Kier alpha value is -3.43. The van der Waals surface area contributed by atoms with Crippen molar-refractivity contribution in [1.82, 2.24) is 9.58 Å². The summed E-state index contributed by atoms with van der Waals surface area (Å²) in [7, 11) is 1.26. The lowest BCUT2D eigenvalue weighted by Gasteiger charge is -2.48. The largest absolute Gasteiger partial charge is 0.502 e. The summed E-state index contributed by atoms with van der Waals surface area (Å²) in [4.78, 5) is 40.4. The standard InChI is InChI=1S/C23H25F2N3O5/c1-3-26-19-6-4-5-9-27(19)28-12-15(21(30)22(31)20(28)23(26)32)17(29)8-7-14-16(25)10-13(24)11-18(14)33-2/h10-12,19,31H,3-9H2,1-2H3/t19-/m0/s1. The number of amides is 1. The SMILES string of the molecule is CCN1C(=O)c2c(O)c(=O)c(C(=O)CCc3c(F)cc(F)cc3OC)cn2N2CCCC[C@@H]12. The molecule has 1 aromatic heterocycles. The molecule has 8 nitrogen and oxygen atoms in total. The number of aromatic hydroxyl groups is 1. The maximum atomic E-state index is 14.2. The molecule has 1 saturated heterocycles. The Labute approximate surface area is 188 Å². The first-order chi connectivity index (χ1) is 15.8. The van der Waals surface area contributed by atoms with E-state index in [1.54, 1.807) is 4.90 Å². The molecule has 2 aliphatic rings. The zero-order valence-corrected chi connectivity index (χ0v) is 18.4. The normalized spacial score (nSPS) is 17.6. The van der Waals surface area contributed by atoms with Gasteiger partial charge in [0, 0.05) is 43.4 Å². The highest BCUT2D eigenvalue weighted by Crippen LogP contribution is 2.30. The third kappa shape index (κ3) is 3.83. The Morgan fingerprint density at radius 2 is 2.00 bits per heavy atom. The van der Waals surface area contributed by atoms with Gasteiger partial charge in [0.15, 0.2) is 17.2 Å². The van der Waals surface area contributed by atoms with Gasteiger partial charge in [0.2, 0.25) is 5.43 Å². The first-order valence-electron chi connectivity index (χ1n) is 10.9. The molecule has 176 valence electrons. The van der Waals surface area contributed by atoms with Crippen LogP contribution in [0, 0.1) is 11.6 Å². The lowest BCUT2D eigenvalue weighted by molar-refractivity contribution is 0.0534. The van der Waals surface area contributed by atoms with Crippen molar-refractivity contribution >= 4 is 11.7 Å². The number of halogens is 2. The fourth-order valence-corrected chi connectivity index (χ4v) is 4.66. The fraction of sp³-hybridized carbons (Fsp3) is 0.435. The number of carbonyl (C=O) groups excluding carboxylic acids is 2. The number of ether oxygens (including phenoxy) is 1. The minimum Gasteiger partial charge on any atom is -0.502 e. The number of hydrogen-bond acceptors (Lipinski definition) is 6. The molecule has 0 unspecified atom stereocenters. The molecule has 0 spiro atoms. The van der Waals surface area contributed by atoms with E-state index in [0.29, 0.717) is 19.2 Å². The van der Waals surface area contributed by atoms with Crippen molar-refractivity contribution < 1.29 is 28.2 Å². The van der Waals surface area contributed by atoms with Crippen LogP contribution in [0.25, 0.3) is 0 Å². The Kier molecular flexibility index (Phi) is 6.09. The average molecular weight is 461 g/mol.